The zero-order chi connectivity index (χ0) is 38.3. The van der Waals surface area contributed by atoms with E-state index in [9.17, 15) is 19.5 Å². The Morgan fingerprint density at radius 2 is 1.31 bits per heavy atom. The summed E-state index contributed by atoms with van der Waals surface area (Å²) in [6.45, 7) is 9.51. The summed E-state index contributed by atoms with van der Waals surface area (Å²) < 4.78 is 0. The van der Waals surface area contributed by atoms with E-state index in [0.29, 0.717) is 12.3 Å². The van der Waals surface area contributed by atoms with Gasteiger partial charge in [0.25, 0.3) is 0 Å². The van der Waals surface area contributed by atoms with E-state index >= 15 is 0 Å². The largest absolute Gasteiger partial charge is 0.508 e. The van der Waals surface area contributed by atoms with Gasteiger partial charge >= 0.3 is 0 Å². The maximum absolute atomic E-state index is 12.9. The molecule has 0 radical (unpaired) electrons. The fourth-order valence-corrected chi connectivity index (χ4v) is 8.42. The third-order valence-corrected chi connectivity index (χ3v) is 11.7. The van der Waals surface area contributed by atoms with Gasteiger partial charge in [-0.05, 0) is 101 Å². The molecule has 0 aliphatic carbocycles. The molecule has 1 unspecified atom stereocenters. The fraction of sp³-hybridized carbons (Fsp3) is 0.370. The number of carbonyl (C=O) groups excluding carboxylic acids is 3. The van der Waals surface area contributed by atoms with Crippen molar-refractivity contribution in [3.63, 3.8) is 0 Å². The Bertz CT molecular complexity index is 1960. The summed E-state index contributed by atoms with van der Waals surface area (Å²) >= 11 is 0. The van der Waals surface area contributed by atoms with Crippen LogP contribution in [0.25, 0.3) is 11.1 Å². The Labute approximate surface area is 325 Å². The summed E-state index contributed by atoms with van der Waals surface area (Å²) in [4.78, 5) is 45.7. The average Bonchev–Trinajstić information content (AvgIpc) is 3.21. The number of benzene rings is 4. The number of piperazine rings is 1. The first kappa shape index (κ1) is 37.9. The Hall–Kier alpha value is -5.41. The minimum absolute atomic E-state index is 0.127. The number of piperidine rings is 2. The highest BCUT2D eigenvalue weighted by Gasteiger charge is 2.32. The lowest BCUT2D eigenvalue weighted by Gasteiger charge is -2.40. The van der Waals surface area contributed by atoms with Crippen molar-refractivity contribution in [1.82, 2.24) is 15.1 Å². The van der Waals surface area contributed by atoms with Gasteiger partial charge in [0.05, 0.1) is 6.42 Å². The molecule has 3 amide bonds. The third-order valence-electron chi connectivity index (χ3n) is 11.7. The van der Waals surface area contributed by atoms with E-state index in [1.807, 2.05) is 24.3 Å². The second-order valence-electron chi connectivity index (χ2n) is 15.2. The predicted molar refractivity (Wildman–Crippen MR) is 220 cm³/mol. The van der Waals surface area contributed by atoms with E-state index < -0.39 is 11.9 Å². The van der Waals surface area contributed by atoms with E-state index in [1.54, 1.807) is 19.2 Å². The molecule has 9 heteroatoms. The number of imide groups is 1. The van der Waals surface area contributed by atoms with Gasteiger partial charge in [-0.1, -0.05) is 73.7 Å². The zero-order valence-electron chi connectivity index (χ0n) is 32.1. The Balaban J connectivity index is 0.889. The molecule has 7 rings (SSSR count). The van der Waals surface area contributed by atoms with Gasteiger partial charge in [-0.15, -0.1) is 0 Å². The maximum atomic E-state index is 12.9. The molecule has 286 valence electrons. The van der Waals surface area contributed by atoms with Crippen LogP contribution in [0.3, 0.4) is 0 Å². The minimum Gasteiger partial charge on any atom is -0.508 e. The number of amides is 3. The van der Waals surface area contributed by atoms with Gasteiger partial charge in [-0.3, -0.25) is 24.6 Å². The molecule has 55 heavy (non-hydrogen) atoms. The Morgan fingerprint density at radius 3 is 1.91 bits per heavy atom. The number of allylic oxidation sites excluding steroid dienone is 1. The van der Waals surface area contributed by atoms with Crippen molar-refractivity contribution >= 4 is 40.2 Å². The molecule has 3 aliphatic heterocycles. The molecule has 0 aromatic heterocycles. The van der Waals surface area contributed by atoms with Crippen LogP contribution in [-0.4, -0.2) is 91.5 Å². The molecule has 3 fully saturated rings. The van der Waals surface area contributed by atoms with E-state index in [-0.39, 0.29) is 30.4 Å². The number of phenols is 1. The number of carbonyl (C=O) groups is 3. The van der Waals surface area contributed by atoms with Gasteiger partial charge < -0.3 is 19.8 Å². The molecule has 0 bridgehead atoms. The van der Waals surface area contributed by atoms with Crippen LogP contribution in [0.15, 0.2) is 103 Å². The second kappa shape index (κ2) is 17.4. The van der Waals surface area contributed by atoms with Gasteiger partial charge in [0, 0.05) is 70.7 Å². The first-order valence-electron chi connectivity index (χ1n) is 19.8. The van der Waals surface area contributed by atoms with E-state index in [0.717, 1.165) is 63.4 Å². The number of likely N-dealkylation sites (N-methyl/N-ethyl adjacent to an activating group) is 1. The molecule has 0 saturated carbocycles. The number of aromatic hydroxyl groups is 1. The molecule has 9 nitrogen and oxygen atoms in total. The average molecular weight is 740 g/mol. The quantitative estimate of drug-likeness (QED) is 0.132. The summed E-state index contributed by atoms with van der Waals surface area (Å²) in [5.41, 5.74) is 9.37. The summed E-state index contributed by atoms with van der Waals surface area (Å²) in [6.07, 6.45) is 4.12. The molecular weight excluding hydrogens is 687 g/mol. The van der Waals surface area contributed by atoms with Crippen molar-refractivity contribution < 1.29 is 19.5 Å². The number of anilines is 2. The first-order valence-corrected chi connectivity index (χ1v) is 19.8. The third kappa shape index (κ3) is 9.11. The van der Waals surface area contributed by atoms with Crippen LogP contribution in [0.5, 0.6) is 5.75 Å². The van der Waals surface area contributed by atoms with Crippen molar-refractivity contribution in [3.05, 3.63) is 125 Å². The molecule has 0 spiro atoms. The standard InChI is InChI=1S/C46H53N5O4/c1-3-41(35-7-5-4-6-8-35)45(37-13-19-40(52)20-14-37)36-11-17-39(18-12-36)50-25-23-34(24-26-50)32-49-27-29-51(30-28-49)38-15-9-33(10-16-38)31-44(54)48(2)42-21-22-43(53)47-46(42)55/h4-20,34,42,52H,3,21-32H2,1-2H3,(H,47,53,55)/b45-41+. The van der Waals surface area contributed by atoms with Crippen LogP contribution in [0.2, 0.25) is 0 Å². The van der Waals surface area contributed by atoms with Crippen LogP contribution in [0.1, 0.15) is 61.3 Å². The van der Waals surface area contributed by atoms with Crippen LogP contribution < -0.4 is 15.1 Å². The normalized spacial score (nSPS) is 18.8. The van der Waals surface area contributed by atoms with Gasteiger partial charge in [0.2, 0.25) is 17.7 Å². The predicted octanol–water partition coefficient (Wildman–Crippen LogP) is 6.61. The van der Waals surface area contributed by atoms with Crippen molar-refractivity contribution in [1.29, 1.82) is 0 Å². The van der Waals surface area contributed by atoms with Gasteiger partial charge in [-0.2, -0.15) is 0 Å². The lowest BCUT2D eigenvalue weighted by atomic mass is 9.88. The molecule has 3 aliphatic rings. The summed E-state index contributed by atoms with van der Waals surface area (Å²) in [7, 11) is 1.64. The zero-order valence-corrected chi connectivity index (χ0v) is 32.1. The van der Waals surface area contributed by atoms with Crippen LogP contribution in [0, 0.1) is 5.92 Å². The molecule has 3 heterocycles. The maximum Gasteiger partial charge on any atom is 0.249 e. The van der Waals surface area contributed by atoms with Crippen molar-refractivity contribution in [2.75, 3.05) is 62.7 Å². The first-order chi connectivity index (χ1) is 26.7. The van der Waals surface area contributed by atoms with Crippen LogP contribution >= 0.6 is 0 Å². The number of phenolic OH excluding ortho intramolecular Hbond substituents is 1. The second-order valence-corrected chi connectivity index (χ2v) is 15.2. The van der Waals surface area contributed by atoms with Crippen molar-refractivity contribution in [2.24, 2.45) is 5.92 Å². The lowest BCUT2D eigenvalue weighted by Crippen LogP contribution is -2.53. The van der Waals surface area contributed by atoms with Gasteiger partial charge in [0.1, 0.15) is 11.8 Å². The number of rotatable bonds is 11. The fourth-order valence-electron chi connectivity index (χ4n) is 8.42. The number of hydrogen-bond donors (Lipinski definition) is 2. The van der Waals surface area contributed by atoms with Gasteiger partial charge in [-0.25, -0.2) is 0 Å². The molecule has 4 aromatic rings. The molecule has 4 aromatic carbocycles. The summed E-state index contributed by atoms with van der Waals surface area (Å²) in [5, 5.41) is 12.3. The Morgan fingerprint density at radius 1 is 0.727 bits per heavy atom. The van der Waals surface area contributed by atoms with Gasteiger partial charge in [0.15, 0.2) is 0 Å². The summed E-state index contributed by atoms with van der Waals surface area (Å²) in [6, 6.07) is 34.9. The molecular formula is C46H53N5O4. The van der Waals surface area contributed by atoms with Crippen LogP contribution in [0.4, 0.5) is 11.4 Å². The lowest BCUT2D eigenvalue weighted by molar-refractivity contribution is -0.144. The van der Waals surface area contributed by atoms with Crippen molar-refractivity contribution in [3.8, 4) is 5.75 Å². The van der Waals surface area contributed by atoms with Crippen molar-refractivity contribution in [2.45, 2.75) is 51.5 Å². The SMILES string of the molecule is CC/C(=C(\c1ccc(O)cc1)c1ccc(N2CCC(CN3CCN(c4ccc(CC(=O)N(C)C5CCC(=O)NC5=O)cc4)CC3)CC2)cc1)c1ccccc1. The molecule has 2 N–H and O–H groups in total. The topological polar surface area (TPSA) is 96.4 Å². The Kier molecular flexibility index (Phi) is 12.0. The monoisotopic (exact) mass is 739 g/mol. The summed E-state index contributed by atoms with van der Waals surface area (Å²) in [5.74, 6) is 0.167. The minimum atomic E-state index is -0.596. The molecule has 1 atom stereocenters. The van der Waals surface area contributed by atoms with E-state index in [1.165, 1.54) is 51.4 Å². The highest BCUT2D eigenvalue weighted by molar-refractivity contribution is 6.02. The van der Waals surface area contributed by atoms with Crippen LogP contribution in [-0.2, 0) is 20.8 Å². The number of nitrogens with zero attached hydrogens (tertiary/aromatic N) is 4. The van der Waals surface area contributed by atoms with E-state index in [4.69, 9.17) is 0 Å². The smallest absolute Gasteiger partial charge is 0.249 e. The number of nitrogens with one attached hydrogen (secondary N) is 1. The highest BCUT2D eigenvalue weighted by atomic mass is 16.3. The number of hydrogen-bond acceptors (Lipinski definition) is 7. The van der Waals surface area contributed by atoms with E-state index in [2.05, 4.69) is 93.7 Å². The highest BCUT2D eigenvalue weighted by Crippen LogP contribution is 2.36. The molecule has 3 saturated heterocycles.